The first kappa shape index (κ1) is 15.8. The maximum Gasteiger partial charge on any atom is 0.215 e. The van der Waals surface area contributed by atoms with Gasteiger partial charge < -0.3 is 4.74 Å². The molecule has 4 nitrogen and oxygen atoms in total. The highest BCUT2D eigenvalue weighted by molar-refractivity contribution is 9.10. The molecule has 0 saturated heterocycles. The molecule has 0 aliphatic carbocycles. The predicted molar refractivity (Wildman–Crippen MR) is 76.7 cm³/mol. The molecule has 0 aliphatic heterocycles. The Kier molecular flexibility index (Phi) is 5.91. The minimum Gasteiger partial charge on any atom is -0.496 e. The van der Waals surface area contributed by atoms with Crippen molar-refractivity contribution in [2.75, 3.05) is 25.8 Å². The van der Waals surface area contributed by atoms with Gasteiger partial charge in [-0.1, -0.05) is 15.9 Å². The fraction of sp³-hybridized carbons (Fsp3) is 0.455. The van der Waals surface area contributed by atoms with Crippen molar-refractivity contribution in [2.24, 2.45) is 0 Å². The van der Waals surface area contributed by atoms with Crippen LogP contribution in [0, 0.1) is 0 Å². The van der Waals surface area contributed by atoms with Crippen molar-refractivity contribution in [3.05, 3.63) is 28.2 Å². The van der Waals surface area contributed by atoms with Crippen molar-refractivity contribution < 1.29 is 13.2 Å². The lowest BCUT2D eigenvalue weighted by Crippen LogP contribution is -2.29. The van der Waals surface area contributed by atoms with E-state index in [2.05, 4.69) is 15.9 Å². The largest absolute Gasteiger partial charge is 0.496 e. The van der Waals surface area contributed by atoms with E-state index < -0.39 is 10.0 Å². The normalized spacial score (nSPS) is 11.8. The number of rotatable bonds is 6. The molecule has 0 aromatic heterocycles. The summed E-state index contributed by atoms with van der Waals surface area (Å²) in [6.07, 6.45) is 0. The van der Waals surface area contributed by atoms with E-state index in [0.29, 0.717) is 5.75 Å². The van der Waals surface area contributed by atoms with E-state index in [0.717, 1.165) is 10.0 Å². The number of alkyl halides is 1. The molecule has 0 amide bonds. The Bertz CT molecular complexity index is 507. The lowest BCUT2D eigenvalue weighted by atomic mass is 10.2. The molecule has 0 spiro atoms. The van der Waals surface area contributed by atoms with Crippen LogP contribution in [0.3, 0.4) is 0 Å². The predicted octanol–water partition coefficient (Wildman–Crippen LogP) is 2.46. The maximum atomic E-state index is 11.8. The first-order chi connectivity index (χ1) is 8.40. The van der Waals surface area contributed by atoms with Gasteiger partial charge in [0.05, 0.1) is 12.9 Å². The summed E-state index contributed by atoms with van der Waals surface area (Å²) in [4.78, 5) is 0. The van der Waals surface area contributed by atoms with E-state index in [4.69, 9.17) is 16.3 Å². The van der Waals surface area contributed by atoms with Crippen LogP contribution in [0.4, 0.5) is 0 Å². The fourth-order valence-electron chi connectivity index (χ4n) is 1.46. The zero-order valence-electron chi connectivity index (χ0n) is 10.2. The van der Waals surface area contributed by atoms with E-state index in [1.54, 1.807) is 13.2 Å². The van der Waals surface area contributed by atoms with Crippen LogP contribution in [0.1, 0.15) is 5.56 Å². The van der Waals surface area contributed by atoms with Gasteiger partial charge in [0.2, 0.25) is 10.0 Å². The summed E-state index contributed by atoms with van der Waals surface area (Å²) in [6, 6.07) is 5.47. The summed E-state index contributed by atoms with van der Waals surface area (Å²) >= 11 is 8.83. The highest BCUT2D eigenvalue weighted by Crippen LogP contribution is 2.24. The number of nitrogens with zero attached hydrogens (tertiary/aromatic N) is 1. The van der Waals surface area contributed by atoms with Crippen molar-refractivity contribution in [1.82, 2.24) is 4.31 Å². The highest BCUT2D eigenvalue weighted by atomic mass is 79.9. The smallest absolute Gasteiger partial charge is 0.215 e. The molecule has 0 unspecified atom stereocenters. The average Bonchev–Trinajstić information content (AvgIpc) is 2.29. The second-order valence-electron chi connectivity index (χ2n) is 3.72. The van der Waals surface area contributed by atoms with Gasteiger partial charge in [0.1, 0.15) is 5.75 Å². The molecule has 0 N–H and O–H groups in total. The Balaban J connectivity index is 2.94. The van der Waals surface area contributed by atoms with Gasteiger partial charge in [0, 0.05) is 29.5 Å². The first-order valence-electron chi connectivity index (χ1n) is 5.23. The molecule has 18 heavy (non-hydrogen) atoms. The monoisotopic (exact) mass is 355 g/mol. The quantitative estimate of drug-likeness (QED) is 0.736. The number of hydrogen-bond donors (Lipinski definition) is 0. The summed E-state index contributed by atoms with van der Waals surface area (Å²) in [6.45, 7) is 0.252. The fourth-order valence-corrected chi connectivity index (χ4v) is 3.30. The number of ether oxygens (including phenoxy) is 1. The lowest BCUT2D eigenvalue weighted by molar-refractivity contribution is 0.398. The number of sulfonamides is 1. The van der Waals surface area contributed by atoms with E-state index in [1.165, 1.54) is 11.4 Å². The molecule has 0 atom stereocenters. The SMILES string of the molecule is COc1ccc(Br)cc1CN(C)S(=O)(=O)CCCl. The van der Waals surface area contributed by atoms with Gasteiger partial charge in [-0.15, -0.1) is 11.6 Å². The van der Waals surface area contributed by atoms with Crippen molar-refractivity contribution in [1.29, 1.82) is 0 Å². The second-order valence-corrected chi connectivity index (χ2v) is 7.21. The van der Waals surface area contributed by atoms with Gasteiger partial charge in [-0.2, -0.15) is 0 Å². The van der Waals surface area contributed by atoms with Crippen LogP contribution in [-0.2, 0) is 16.6 Å². The summed E-state index contributed by atoms with van der Waals surface area (Å²) in [5.41, 5.74) is 0.799. The van der Waals surface area contributed by atoms with Gasteiger partial charge in [0.25, 0.3) is 0 Å². The van der Waals surface area contributed by atoms with Crippen LogP contribution in [-0.4, -0.2) is 38.5 Å². The topological polar surface area (TPSA) is 46.6 Å². The summed E-state index contributed by atoms with van der Waals surface area (Å²) in [5.74, 6) is 0.676. The third-order valence-corrected chi connectivity index (χ3v) is 5.15. The van der Waals surface area contributed by atoms with Crippen molar-refractivity contribution in [2.45, 2.75) is 6.54 Å². The Labute approximate surface area is 121 Å². The Hall–Kier alpha value is -0.300. The molecule has 1 aromatic carbocycles. The lowest BCUT2D eigenvalue weighted by Gasteiger charge is -2.18. The van der Waals surface area contributed by atoms with Crippen molar-refractivity contribution in [3.8, 4) is 5.75 Å². The van der Waals surface area contributed by atoms with E-state index >= 15 is 0 Å². The van der Waals surface area contributed by atoms with Crippen LogP contribution in [0.5, 0.6) is 5.75 Å². The minimum atomic E-state index is -3.32. The van der Waals surface area contributed by atoms with E-state index in [1.807, 2.05) is 12.1 Å². The third-order valence-electron chi connectivity index (χ3n) is 2.45. The van der Waals surface area contributed by atoms with Gasteiger partial charge >= 0.3 is 0 Å². The maximum absolute atomic E-state index is 11.8. The number of benzene rings is 1. The van der Waals surface area contributed by atoms with E-state index in [9.17, 15) is 8.42 Å². The van der Waals surface area contributed by atoms with Crippen LogP contribution in [0.25, 0.3) is 0 Å². The molecule has 1 aromatic rings. The van der Waals surface area contributed by atoms with Crippen molar-refractivity contribution >= 4 is 37.6 Å². The van der Waals surface area contributed by atoms with E-state index in [-0.39, 0.29) is 18.2 Å². The zero-order valence-corrected chi connectivity index (χ0v) is 13.3. The second kappa shape index (κ2) is 6.75. The summed E-state index contributed by atoms with van der Waals surface area (Å²) in [5, 5.41) is 0. The Morgan fingerprint density at radius 2 is 2.11 bits per heavy atom. The molecule has 0 fully saturated rings. The summed E-state index contributed by atoms with van der Waals surface area (Å²) < 4.78 is 31.0. The molecular formula is C11H15BrClNO3S. The molecule has 0 radical (unpaired) electrons. The Morgan fingerprint density at radius 1 is 1.44 bits per heavy atom. The first-order valence-corrected chi connectivity index (χ1v) is 8.16. The Morgan fingerprint density at radius 3 is 2.67 bits per heavy atom. The molecule has 0 aliphatic rings. The van der Waals surface area contributed by atoms with Crippen LogP contribution < -0.4 is 4.74 Å². The highest BCUT2D eigenvalue weighted by Gasteiger charge is 2.18. The van der Waals surface area contributed by atoms with Gasteiger partial charge in [-0.3, -0.25) is 0 Å². The van der Waals surface area contributed by atoms with Crippen LogP contribution in [0.15, 0.2) is 22.7 Å². The minimum absolute atomic E-state index is 0.0681. The molecule has 0 bridgehead atoms. The van der Waals surface area contributed by atoms with Crippen LogP contribution >= 0.6 is 27.5 Å². The molecule has 102 valence electrons. The number of hydrogen-bond acceptors (Lipinski definition) is 3. The third kappa shape index (κ3) is 4.12. The molecule has 7 heteroatoms. The van der Waals surface area contributed by atoms with Gasteiger partial charge in [-0.05, 0) is 18.2 Å². The van der Waals surface area contributed by atoms with Crippen molar-refractivity contribution in [3.63, 3.8) is 0 Å². The number of methoxy groups -OCH3 is 1. The molecule has 0 saturated carbocycles. The summed E-state index contributed by atoms with van der Waals surface area (Å²) in [7, 11) is -0.230. The standard InChI is InChI=1S/C11H15BrClNO3S/c1-14(18(15,16)6-5-13)8-9-7-10(12)3-4-11(9)17-2/h3-4,7H,5-6,8H2,1-2H3. The number of halogens is 2. The average molecular weight is 357 g/mol. The molecule has 1 rings (SSSR count). The van der Waals surface area contributed by atoms with Gasteiger partial charge in [-0.25, -0.2) is 12.7 Å². The zero-order chi connectivity index (χ0) is 13.8. The van der Waals surface area contributed by atoms with Gasteiger partial charge in [0.15, 0.2) is 0 Å². The van der Waals surface area contributed by atoms with Crippen LogP contribution in [0.2, 0.25) is 0 Å². The molecule has 0 heterocycles. The molecular weight excluding hydrogens is 342 g/mol.